The van der Waals surface area contributed by atoms with Gasteiger partial charge in [0, 0.05) is 45.0 Å². The van der Waals surface area contributed by atoms with E-state index in [1.54, 1.807) is 20.2 Å². The van der Waals surface area contributed by atoms with Crippen LogP contribution >= 0.6 is 0 Å². The van der Waals surface area contributed by atoms with Crippen LogP contribution in [0.2, 0.25) is 0 Å². The Morgan fingerprint density at radius 1 is 1.35 bits per heavy atom. The summed E-state index contributed by atoms with van der Waals surface area (Å²) in [6, 6.07) is 4.22. The highest BCUT2D eigenvalue weighted by Crippen LogP contribution is 2.25. The molecule has 0 heterocycles. The van der Waals surface area contributed by atoms with E-state index in [-0.39, 0.29) is 11.7 Å². The lowest BCUT2D eigenvalue weighted by Gasteiger charge is -2.13. The maximum absolute atomic E-state index is 11.3. The monoisotopic (exact) mass is 282 g/mol. The number of rotatable bonds is 6. The predicted molar refractivity (Wildman–Crippen MR) is 75.2 cm³/mol. The van der Waals surface area contributed by atoms with Gasteiger partial charge in [-0.3, -0.25) is 10.1 Å². The highest BCUT2D eigenvalue weighted by molar-refractivity contribution is 5.73. The second-order valence-electron chi connectivity index (χ2n) is 4.23. The quantitative estimate of drug-likeness (QED) is 0.465. The zero-order valence-corrected chi connectivity index (χ0v) is 11.7. The highest BCUT2D eigenvalue weighted by atomic mass is 16.6. The number of benzene rings is 1. The van der Waals surface area contributed by atoms with Crippen molar-refractivity contribution in [3.8, 4) is 5.75 Å². The third-order valence-electron chi connectivity index (χ3n) is 2.47. The van der Waals surface area contributed by atoms with Crippen molar-refractivity contribution >= 4 is 17.4 Å². The van der Waals surface area contributed by atoms with Crippen LogP contribution in [0.1, 0.15) is 0 Å². The number of methoxy groups -OCH3 is 1. The zero-order chi connectivity index (χ0) is 15.1. The van der Waals surface area contributed by atoms with Gasteiger partial charge in [0.2, 0.25) is 0 Å². The van der Waals surface area contributed by atoms with Crippen molar-refractivity contribution in [2.75, 3.05) is 39.6 Å². The number of nitrogens with one attached hydrogen (secondary N) is 2. The van der Waals surface area contributed by atoms with Gasteiger partial charge in [-0.15, -0.1) is 0 Å². The van der Waals surface area contributed by atoms with Crippen LogP contribution in [-0.2, 0) is 0 Å². The second-order valence-corrected chi connectivity index (χ2v) is 4.23. The summed E-state index contributed by atoms with van der Waals surface area (Å²) >= 11 is 0. The number of carbonyl (C=O) groups is 1. The Morgan fingerprint density at radius 3 is 2.60 bits per heavy atom. The SMILES string of the molecule is COc1cc(NCCNC(=O)N(C)C)cc([N+](=O)[O-])c1. The standard InChI is InChI=1S/C12H18N4O4/c1-15(2)12(17)14-5-4-13-9-6-10(16(18)19)8-11(7-9)20-3/h6-8,13H,4-5H2,1-3H3,(H,14,17). The molecular weight excluding hydrogens is 264 g/mol. The molecule has 2 amide bonds. The molecular formula is C12H18N4O4. The zero-order valence-electron chi connectivity index (χ0n) is 11.7. The number of urea groups is 1. The third kappa shape index (κ3) is 4.63. The minimum absolute atomic E-state index is 0.0517. The van der Waals surface area contributed by atoms with E-state index >= 15 is 0 Å². The van der Waals surface area contributed by atoms with Crippen molar-refractivity contribution in [3.63, 3.8) is 0 Å². The normalized spacial score (nSPS) is 9.75. The van der Waals surface area contributed by atoms with E-state index in [2.05, 4.69) is 10.6 Å². The van der Waals surface area contributed by atoms with Gasteiger partial charge >= 0.3 is 6.03 Å². The van der Waals surface area contributed by atoms with Crippen LogP contribution < -0.4 is 15.4 Å². The first-order valence-electron chi connectivity index (χ1n) is 5.96. The average molecular weight is 282 g/mol. The molecule has 0 aliphatic rings. The number of hydrogen-bond donors (Lipinski definition) is 2. The Kier molecular flexibility index (Phi) is 5.57. The Labute approximate surface area is 116 Å². The summed E-state index contributed by atoms with van der Waals surface area (Å²) in [6.45, 7) is 0.853. The van der Waals surface area contributed by atoms with Gasteiger partial charge in [-0.1, -0.05) is 0 Å². The van der Waals surface area contributed by atoms with Crippen LogP contribution in [0.15, 0.2) is 18.2 Å². The summed E-state index contributed by atoms with van der Waals surface area (Å²) in [5.74, 6) is 0.402. The number of ether oxygens (including phenoxy) is 1. The highest BCUT2D eigenvalue weighted by Gasteiger charge is 2.10. The lowest BCUT2D eigenvalue weighted by atomic mass is 10.2. The van der Waals surface area contributed by atoms with Gasteiger partial charge in [0.25, 0.3) is 5.69 Å². The molecule has 1 rings (SSSR count). The van der Waals surface area contributed by atoms with Gasteiger partial charge < -0.3 is 20.3 Å². The molecule has 0 saturated carbocycles. The fraction of sp³-hybridized carbons (Fsp3) is 0.417. The number of anilines is 1. The van der Waals surface area contributed by atoms with Crippen LogP contribution in [0.4, 0.5) is 16.2 Å². The van der Waals surface area contributed by atoms with Gasteiger partial charge in [0.05, 0.1) is 18.1 Å². The molecule has 0 radical (unpaired) electrons. The molecule has 0 unspecified atom stereocenters. The van der Waals surface area contributed by atoms with Crippen LogP contribution in [-0.4, -0.2) is 50.1 Å². The average Bonchev–Trinajstić information content (AvgIpc) is 2.42. The first-order chi connectivity index (χ1) is 9.43. The van der Waals surface area contributed by atoms with Crippen LogP contribution in [0, 0.1) is 10.1 Å². The van der Waals surface area contributed by atoms with E-state index < -0.39 is 4.92 Å². The van der Waals surface area contributed by atoms with Crippen LogP contribution in [0.3, 0.4) is 0 Å². The number of amides is 2. The Hall–Kier alpha value is -2.51. The van der Waals surface area contributed by atoms with Gasteiger partial charge in [-0.05, 0) is 0 Å². The molecule has 0 aromatic heterocycles. The molecule has 8 heteroatoms. The maximum atomic E-state index is 11.3. The molecule has 1 aromatic rings. The molecule has 0 aliphatic carbocycles. The number of non-ortho nitro benzene ring substituents is 1. The van der Waals surface area contributed by atoms with Crippen molar-refractivity contribution in [1.82, 2.24) is 10.2 Å². The molecule has 0 aliphatic heterocycles. The molecule has 1 aromatic carbocycles. The van der Waals surface area contributed by atoms with Crippen molar-refractivity contribution in [2.24, 2.45) is 0 Å². The number of nitro groups is 1. The Balaban J connectivity index is 2.57. The molecule has 0 bridgehead atoms. The number of carbonyl (C=O) groups excluding carboxylic acids is 1. The number of nitrogens with zero attached hydrogens (tertiary/aromatic N) is 2. The van der Waals surface area contributed by atoms with E-state index in [9.17, 15) is 14.9 Å². The molecule has 0 saturated heterocycles. The predicted octanol–water partition coefficient (Wildman–Crippen LogP) is 1.29. The van der Waals surface area contributed by atoms with E-state index in [1.165, 1.54) is 24.1 Å². The smallest absolute Gasteiger partial charge is 0.316 e. The van der Waals surface area contributed by atoms with Gasteiger partial charge in [0.1, 0.15) is 5.75 Å². The minimum Gasteiger partial charge on any atom is -0.496 e. The van der Waals surface area contributed by atoms with E-state index in [1.807, 2.05) is 0 Å². The number of hydrogen-bond acceptors (Lipinski definition) is 5. The van der Waals surface area contributed by atoms with Crippen molar-refractivity contribution < 1.29 is 14.5 Å². The molecule has 0 atom stereocenters. The topological polar surface area (TPSA) is 96.7 Å². The largest absolute Gasteiger partial charge is 0.496 e. The Bertz CT molecular complexity index is 490. The molecule has 20 heavy (non-hydrogen) atoms. The first-order valence-corrected chi connectivity index (χ1v) is 5.96. The molecule has 110 valence electrons. The lowest BCUT2D eigenvalue weighted by molar-refractivity contribution is -0.384. The molecule has 2 N–H and O–H groups in total. The van der Waals surface area contributed by atoms with Gasteiger partial charge in [0.15, 0.2) is 0 Å². The first kappa shape index (κ1) is 15.5. The summed E-state index contributed by atoms with van der Waals surface area (Å²) in [7, 11) is 4.74. The third-order valence-corrected chi connectivity index (χ3v) is 2.47. The van der Waals surface area contributed by atoms with Crippen molar-refractivity contribution in [1.29, 1.82) is 0 Å². The Morgan fingerprint density at radius 2 is 2.05 bits per heavy atom. The van der Waals surface area contributed by atoms with Crippen molar-refractivity contribution in [2.45, 2.75) is 0 Å². The fourth-order valence-electron chi connectivity index (χ4n) is 1.44. The fourth-order valence-corrected chi connectivity index (χ4v) is 1.44. The van der Waals surface area contributed by atoms with E-state index in [0.29, 0.717) is 24.5 Å². The lowest BCUT2D eigenvalue weighted by Crippen LogP contribution is -2.37. The van der Waals surface area contributed by atoms with Crippen LogP contribution in [0.5, 0.6) is 5.75 Å². The maximum Gasteiger partial charge on any atom is 0.316 e. The summed E-state index contributed by atoms with van der Waals surface area (Å²) < 4.78 is 5.00. The van der Waals surface area contributed by atoms with Crippen molar-refractivity contribution in [3.05, 3.63) is 28.3 Å². The second kappa shape index (κ2) is 7.17. The van der Waals surface area contributed by atoms with Gasteiger partial charge in [-0.2, -0.15) is 0 Å². The summed E-state index contributed by atoms with van der Waals surface area (Å²) in [5.41, 5.74) is 0.513. The molecule has 0 spiro atoms. The molecule has 8 nitrogen and oxygen atoms in total. The minimum atomic E-state index is -0.485. The van der Waals surface area contributed by atoms with Gasteiger partial charge in [-0.25, -0.2) is 4.79 Å². The van der Waals surface area contributed by atoms with E-state index in [4.69, 9.17) is 4.74 Å². The summed E-state index contributed by atoms with van der Waals surface area (Å²) in [5, 5.41) is 16.4. The summed E-state index contributed by atoms with van der Waals surface area (Å²) in [4.78, 5) is 23.0. The van der Waals surface area contributed by atoms with E-state index in [0.717, 1.165) is 0 Å². The molecule has 0 fully saturated rings. The number of nitro benzene ring substituents is 1. The summed E-state index contributed by atoms with van der Waals surface area (Å²) in [6.07, 6.45) is 0. The van der Waals surface area contributed by atoms with Crippen LogP contribution in [0.25, 0.3) is 0 Å².